The molecule has 0 bridgehead atoms. The van der Waals surface area contributed by atoms with Gasteiger partial charge >= 0.3 is 5.97 Å². The van der Waals surface area contributed by atoms with Gasteiger partial charge in [-0.3, -0.25) is 4.79 Å². The SMILES string of the molecule is CCCC(CN)C(=O)NCCc1nc(C(=O)O)cs1. The van der Waals surface area contributed by atoms with E-state index in [2.05, 4.69) is 10.3 Å². The van der Waals surface area contributed by atoms with E-state index in [1.165, 1.54) is 16.7 Å². The number of thiazole rings is 1. The zero-order valence-electron chi connectivity index (χ0n) is 10.9. The summed E-state index contributed by atoms with van der Waals surface area (Å²) in [5, 5.41) is 13.7. The molecule has 1 aromatic heterocycles. The zero-order valence-corrected chi connectivity index (χ0v) is 11.7. The van der Waals surface area contributed by atoms with Gasteiger partial charge in [-0.25, -0.2) is 9.78 Å². The van der Waals surface area contributed by atoms with E-state index >= 15 is 0 Å². The summed E-state index contributed by atoms with van der Waals surface area (Å²) in [6, 6.07) is 0. The summed E-state index contributed by atoms with van der Waals surface area (Å²) in [6.45, 7) is 2.81. The van der Waals surface area contributed by atoms with Crippen molar-refractivity contribution in [1.29, 1.82) is 0 Å². The van der Waals surface area contributed by atoms with Gasteiger partial charge in [-0.1, -0.05) is 13.3 Å². The molecule has 1 rings (SSSR count). The Kier molecular flexibility index (Phi) is 6.44. The monoisotopic (exact) mass is 285 g/mol. The van der Waals surface area contributed by atoms with Crippen LogP contribution in [-0.4, -0.2) is 35.1 Å². The van der Waals surface area contributed by atoms with Crippen LogP contribution in [0.15, 0.2) is 5.38 Å². The van der Waals surface area contributed by atoms with Crippen molar-refractivity contribution in [3.63, 3.8) is 0 Å². The van der Waals surface area contributed by atoms with Crippen LogP contribution in [0.4, 0.5) is 0 Å². The molecule has 0 saturated heterocycles. The number of hydrogen-bond acceptors (Lipinski definition) is 5. The lowest BCUT2D eigenvalue weighted by Gasteiger charge is -2.13. The Morgan fingerprint density at radius 1 is 1.58 bits per heavy atom. The molecule has 1 amide bonds. The van der Waals surface area contributed by atoms with Gasteiger partial charge in [0.05, 0.1) is 10.9 Å². The number of amides is 1. The van der Waals surface area contributed by atoms with E-state index in [1.54, 1.807) is 0 Å². The van der Waals surface area contributed by atoms with Crippen LogP contribution >= 0.6 is 11.3 Å². The second kappa shape index (κ2) is 7.85. The molecule has 6 nitrogen and oxygen atoms in total. The van der Waals surface area contributed by atoms with E-state index < -0.39 is 5.97 Å². The van der Waals surface area contributed by atoms with Gasteiger partial charge < -0.3 is 16.2 Å². The Bertz CT molecular complexity index is 434. The van der Waals surface area contributed by atoms with Gasteiger partial charge in [0.1, 0.15) is 0 Å². The highest BCUT2D eigenvalue weighted by Crippen LogP contribution is 2.10. The second-order valence-corrected chi connectivity index (χ2v) is 5.14. The van der Waals surface area contributed by atoms with Gasteiger partial charge in [-0.15, -0.1) is 11.3 Å². The lowest BCUT2D eigenvalue weighted by atomic mass is 10.0. The van der Waals surface area contributed by atoms with Crippen LogP contribution in [0.5, 0.6) is 0 Å². The average molecular weight is 285 g/mol. The summed E-state index contributed by atoms with van der Waals surface area (Å²) in [4.78, 5) is 26.4. The molecule has 1 aromatic rings. The topological polar surface area (TPSA) is 105 Å². The number of rotatable bonds is 8. The Hall–Kier alpha value is -1.47. The number of aromatic carboxylic acids is 1. The Morgan fingerprint density at radius 2 is 2.32 bits per heavy atom. The lowest BCUT2D eigenvalue weighted by molar-refractivity contribution is -0.124. The van der Waals surface area contributed by atoms with Crippen molar-refractivity contribution in [2.24, 2.45) is 11.7 Å². The highest BCUT2D eigenvalue weighted by Gasteiger charge is 2.15. The summed E-state index contributed by atoms with van der Waals surface area (Å²) < 4.78 is 0. The van der Waals surface area contributed by atoms with Crippen LogP contribution in [0.1, 0.15) is 35.3 Å². The molecule has 4 N–H and O–H groups in total. The smallest absolute Gasteiger partial charge is 0.355 e. The maximum Gasteiger partial charge on any atom is 0.355 e. The van der Waals surface area contributed by atoms with Crippen LogP contribution in [0, 0.1) is 5.92 Å². The van der Waals surface area contributed by atoms with Crippen molar-refractivity contribution in [2.75, 3.05) is 13.1 Å². The van der Waals surface area contributed by atoms with E-state index in [-0.39, 0.29) is 17.5 Å². The van der Waals surface area contributed by atoms with E-state index in [0.717, 1.165) is 12.8 Å². The van der Waals surface area contributed by atoms with Crippen LogP contribution in [0.25, 0.3) is 0 Å². The Labute approximate surface area is 116 Å². The van der Waals surface area contributed by atoms with E-state index in [4.69, 9.17) is 10.8 Å². The summed E-state index contributed by atoms with van der Waals surface area (Å²) in [7, 11) is 0. The first-order valence-electron chi connectivity index (χ1n) is 6.24. The summed E-state index contributed by atoms with van der Waals surface area (Å²) in [5.41, 5.74) is 5.60. The third kappa shape index (κ3) is 4.96. The first-order valence-corrected chi connectivity index (χ1v) is 7.11. The van der Waals surface area contributed by atoms with Gasteiger partial charge in [0.2, 0.25) is 5.91 Å². The van der Waals surface area contributed by atoms with Gasteiger partial charge in [0, 0.05) is 24.9 Å². The molecule has 0 spiro atoms. The van der Waals surface area contributed by atoms with E-state index in [9.17, 15) is 9.59 Å². The molecule has 1 unspecified atom stereocenters. The fourth-order valence-corrected chi connectivity index (χ4v) is 2.44. The van der Waals surface area contributed by atoms with Gasteiger partial charge in [0.15, 0.2) is 5.69 Å². The summed E-state index contributed by atoms with van der Waals surface area (Å²) in [5.74, 6) is -1.21. The summed E-state index contributed by atoms with van der Waals surface area (Å²) in [6.07, 6.45) is 2.24. The number of carbonyl (C=O) groups excluding carboxylic acids is 1. The van der Waals surface area contributed by atoms with Gasteiger partial charge in [-0.05, 0) is 6.42 Å². The number of hydrogen-bond donors (Lipinski definition) is 3. The fraction of sp³-hybridized carbons (Fsp3) is 0.583. The molecule has 0 fully saturated rings. The van der Waals surface area contributed by atoms with Gasteiger partial charge in [-0.2, -0.15) is 0 Å². The molecular weight excluding hydrogens is 266 g/mol. The first-order chi connectivity index (χ1) is 9.08. The van der Waals surface area contributed by atoms with Crippen molar-refractivity contribution in [3.8, 4) is 0 Å². The van der Waals surface area contributed by atoms with Crippen LogP contribution in [0.2, 0.25) is 0 Å². The fourth-order valence-electron chi connectivity index (χ4n) is 1.67. The quantitative estimate of drug-likeness (QED) is 0.657. The highest BCUT2D eigenvalue weighted by molar-refractivity contribution is 7.09. The largest absolute Gasteiger partial charge is 0.476 e. The minimum Gasteiger partial charge on any atom is -0.476 e. The zero-order chi connectivity index (χ0) is 14.3. The minimum absolute atomic E-state index is 0.0423. The van der Waals surface area contributed by atoms with Crippen molar-refractivity contribution < 1.29 is 14.7 Å². The molecule has 0 aliphatic rings. The minimum atomic E-state index is -1.03. The standard InChI is InChI=1S/C12H19N3O3S/c1-2-3-8(6-13)11(16)14-5-4-10-15-9(7-19-10)12(17)18/h7-8H,2-6,13H2,1H3,(H,14,16)(H,17,18). The molecule has 0 aromatic carbocycles. The molecule has 1 heterocycles. The third-order valence-corrected chi connectivity index (χ3v) is 3.61. The molecule has 106 valence electrons. The van der Waals surface area contributed by atoms with Crippen molar-refractivity contribution >= 4 is 23.2 Å². The number of nitrogens with one attached hydrogen (secondary N) is 1. The Morgan fingerprint density at radius 3 is 2.84 bits per heavy atom. The number of nitrogens with zero attached hydrogens (tertiary/aromatic N) is 1. The number of nitrogens with two attached hydrogens (primary N) is 1. The maximum atomic E-state index is 11.8. The van der Waals surface area contributed by atoms with E-state index in [0.29, 0.717) is 24.5 Å². The van der Waals surface area contributed by atoms with E-state index in [1.807, 2.05) is 6.92 Å². The first kappa shape index (κ1) is 15.6. The second-order valence-electron chi connectivity index (χ2n) is 4.19. The van der Waals surface area contributed by atoms with Crippen molar-refractivity contribution in [2.45, 2.75) is 26.2 Å². The maximum absolute atomic E-state index is 11.8. The molecule has 0 saturated carbocycles. The molecule has 1 atom stereocenters. The van der Waals surface area contributed by atoms with Crippen LogP contribution in [0.3, 0.4) is 0 Å². The molecule has 19 heavy (non-hydrogen) atoms. The highest BCUT2D eigenvalue weighted by atomic mass is 32.1. The molecule has 7 heteroatoms. The average Bonchev–Trinajstić information content (AvgIpc) is 2.84. The predicted molar refractivity (Wildman–Crippen MR) is 73.2 cm³/mol. The number of aromatic nitrogens is 1. The molecule has 0 aliphatic heterocycles. The lowest BCUT2D eigenvalue weighted by Crippen LogP contribution is -2.36. The number of carboxylic acids is 1. The molecule has 0 radical (unpaired) electrons. The molecular formula is C12H19N3O3S. The number of carbonyl (C=O) groups is 2. The third-order valence-electron chi connectivity index (χ3n) is 2.70. The predicted octanol–water partition coefficient (Wildman–Crippen LogP) is 0.875. The summed E-state index contributed by atoms with van der Waals surface area (Å²) >= 11 is 1.29. The van der Waals surface area contributed by atoms with Crippen LogP contribution < -0.4 is 11.1 Å². The van der Waals surface area contributed by atoms with Crippen molar-refractivity contribution in [3.05, 3.63) is 16.1 Å². The normalized spacial score (nSPS) is 12.1. The van der Waals surface area contributed by atoms with Gasteiger partial charge in [0.25, 0.3) is 0 Å². The molecule has 0 aliphatic carbocycles. The van der Waals surface area contributed by atoms with Crippen LogP contribution in [-0.2, 0) is 11.2 Å². The number of carboxylic acid groups (broad SMARTS) is 1. The Balaban J connectivity index is 2.36. The van der Waals surface area contributed by atoms with Crippen molar-refractivity contribution in [1.82, 2.24) is 10.3 Å².